The standard InChI is InChI=1S/C10H19NO3/c1-6(2)8(9(12)7(3)4)11-10(13)14-5/h6-8H,1-5H3,(H,11,13)/t8-/m1/s1. The van der Waals surface area contributed by atoms with E-state index in [-0.39, 0.29) is 17.6 Å². The maximum Gasteiger partial charge on any atom is 0.407 e. The normalized spacial score (nSPS) is 12.8. The Kier molecular flexibility index (Phi) is 5.20. The van der Waals surface area contributed by atoms with E-state index in [4.69, 9.17) is 0 Å². The van der Waals surface area contributed by atoms with Crippen LogP contribution in [0.3, 0.4) is 0 Å². The average Bonchev–Trinajstić information content (AvgIpc) is 2.11. The lowest BCUT2D eigenvalue weighted by molar-refractivity contribution is -0.124. The van der Waals surface area contributed by atoms with Crippen molar-refractivity contribution in [1.82, 2.24) is 5.32 Å². The molecule has 4 heteroatoms. The number of nitrogens with one attached hydrogen (secondary N) is 1. The third-order valence-electron chi connectivity index (χ3n) is 2.00. The van der Waals surface area contributed by atoms with E-state index >= 15 is 0 Å². The van der Waals surface area contributed by atoms with Gasteiger partial charge in [0.2, 0.25) is 0 Å². The highest BCUT2D eigenvalue weighted by molar-refractivity contribution is 5.88. The molecular formula is C10H19NO3. The Morgan fingerprint density at radius 2 is 1.64 bits per heavy atom. The molecule has 0 fully saturated rings. The molecule has 4 nitrogen and oxygen atoms in total. The predicted molar refractivity (Wildman–Crippen MR) is 54.0 cm³/mol. The first-order valence-electron chi connectivity index (χ1n) is 4.78. The molecular weight excluding hydrogens is 182 g/mol. The number of methoxy groups -OCH3 is 1. The summed E-state index contributed by atoms with van der Waals surface area (Å²) in [4.78, 5) is 22.6. The van der Waals surface area contributed by atoms with Crippen molar-refractivity contribution in [2.24, 2.45) is 11.8 Å². The largest absolute Gasteiger partial charge is 0.453 e. The fraction of sp³-hybridized carbons (Fsp3) is 0.800. The van der Waals surface area contributed by atoms with Gasteiger partial charge in [-0.1, -0.05) is 27.7 Å². The summed E-state index contributed by atoms with van der Waals surface area (Å²) in [5.41, 5.74) is 0. The Labute approximate surface area is 85.0 Å². The van der Waals surface area contributed by atoms with Crippen molar-refractivity contribution in [2.75, 3.05) is 7.11 Å². The van der Waals surface area contributed by atoms with E-state index in [0.717, 1.165) is 0 Å². The first-order chi connectivity index (χ1) is 6.40. The first kappa shape index (κ1) is 12.9. The maximum atomic E-state index is 11.7. The summed E-state index contributed by atoms with van der Waals surface area (Å²) in [6, 6.07) is -0.456. The Morgan fingerprint density at radius 3 is 1.93 bits per heavy atom. The van der Waals surface area contributed by atoms with Gasteiger partial charge in [0, 0.05) is 5.92 Å². The zero-order chi connectivity index (χ0) is 11.3. The second kappa shape index (κ2) is 5.62. The van der Waals surface area contributed by atoms with Crippen LogP contribution in [0.15, 0.2) is 0 Å². The van der Waals surface area contributed by atoms with Crippen LogP contribution < -0.4 is 5.32 Å². The lowest BCUT2D eigenvalue weighted by Gasteiger charge is -2.21. The number of amides is 1. The van der Waals surface area contributed by atoms with Gasteiger partial charge in [-0.3, -0.25) is 4.79 Å². The van der Waals surface area contributed by atoms with E-state index in [0.29, 0.717) is 0 Å². The first-order valence-corrected chi connectivity index (χ1v) is 4.78. The van der Waals surface area contributed by atoms with Gasteiger partial charge < -0.3 is 10.1 Å². The molecule has 0 saturated carbocycles. The summed E-state index contributed by atoms with van der Waals surface area (Å²) < 4.78 is 4.46. The van der Waals surface area contributed by atoms with Gasteiger partial charge in [-0.25, -0.2) is 4.79 Å². The second-order valence-electron chi connectivity index (χ2n) is 3.91. The van der Waals surface area contributed by atoms with E-state index in [2.05, 4.69) is 10.1 Å². The van der Waals surface area contributed by atoms with Crippen molar-refractivity contribution in [3.8, 4) is 0 Å². The molecule has 0 rings (SSSR count). The highest BCUT2D eigenvalue weighted by Crippen LogP contribution is 2.09. The average molecular weight is 201 g/mol. The third kappa shape index (κ3) is 3.77. The lowest BCUT2D eigenvalue weighted by Crippen LogP contribution is -2.46. The van der Waals surface area contributed by atoms with Crippen molar-refractivity contribution >= 4 is 11.9 Å². The minimum Gasteiger partial charge on any atom is -0.453 e. The molecule has 0 aliphatic carbocycles. The second-order valence-corrected chi connectivity index (χ2v) is 3.91. The molecule has 0 spiro atoms. The molecule has 0 radical (unpaired) electrons. The van der Waals surface area contributed by atoms with Gasteiger partial charge in [0.05, 0.1) is 13.2 Å². The van der Waals surface area contributed by atoms with Crippen LogP contribution in [0.1, 0.15) is 27.7 Å². The van der Waals surface area contributed by atoms with Crippen molar-refractivity contribution in [2.45, 2.75) is 33.7 Å². The maximum absolute atomic E-state index is 11.7. The van der Waals surface area contributed by atoms with Crippen LogP contribution in [-0.2, 0) is 9.53 Å². The van der Waals surface area contributed by atoms with Crippen molar-refractivity contribution < 1.29 is 14.3 Å². The van der Waals surface area contributed by atoms with Gasteiger partial charge in [-0.15, -0.1) is 0 Å². The van der Waals surface area contributed by atoms with E-state index < -0.39 is 12.1 Å². The highest BCUT2D eigenvalue weighted by Gasteiger charge is 2.26. The Balaban J connectivity index is 4.45. The molecule has 1 atom stereocenters. The van der Waals surface area contributed by atoms with Crippen LogP contribution in [0.2, 0.25) is 0 Å². The molecule has 1 N–H and O–H groups in total. The number of ether oxygens (including phenoxy) is 1. The topological polar surface area (TPSA) is 55.4 Å². The van der Waals surface area contributed by atoms with Gasteiger partial charge in [-0.2, -0.15) is 0 Å². The highest BCUT2D eigenvalue weighted by atomic mass is 16.5. The van der Waals surface area contributed by atoms with Gasteiger partial charge in [0.25, 0.3) is 0 Å². The van der Waals surface area contributed by atoms with E-state index in [1.165, 1.54) is 7.11 Å². The Morgan fingerprint density at radius 1 is 1.14 bits per heavy atom. The zero-order valence-corrected chi connectivity index (χ0v) is 9.46. The van der Waals surface area contributed by atoms with Gasteiger partial charge in [-0.05, 0) is 5.92 Å². The summed E-state index contributed by atoms with van der Waals surface area (Å²) in [5, 5.41) is 2.54. The molecule has 0 aliphatic heterocycles. The number of carbonyl (C=O) groups is 2. The smallest absolute Gasteiger partial charge is 0.407 e. The molecule has 0 aliphatic rings. The molecule has 0 aromatic heterocycles. The fourth-order valence-corrected chi connectivity index (χ4v) is 1.11. The Bertz CT molecular complexity index is 211. The fourth-order valence-electron chi connectivity index (χ4n) is 1.11. The number of rotatable bonds is 4. The monoisotopic (exact) mass is 201 g/mol. The van der Waals surface area contributed by atoms with Crippen molar-refractivity contribution in [3.63, 3.8) is 0 Å². The predicted octanol–water partition coefficient (Wildman–Crippen LogP) is 1.59. The van der Waals surface area contributed by atoms with Gasteiger partial charge in [0.15, 0.2) is 5.78 Å². The summed E-state index contributed by atoms with van der Waals surface area (Å²) in [7, 11) is 1.28. The number of hydrogen-bond donors (Lipinski definition) is 1. The lowest BCUT2D eigenvalue weighted by atomic mass is 9.93. The quantitative estimate of drug-likeness (QED) is 0.751. The van der Waals surface area contributed by atoms with Crippen LogP contribution in [0.25, 0.3) is 0 Å². The van der Waals surface area contributed by atoms with Crippen molar-refractivity contribution in [1.29, 1.82) is 0 Å². The third-order valence-corrected chi connectivity index (χ3v) is 2.00. The number of carbonyl (C=O) groups excluding carboxylic acids is 2. The summed E-state index contributed by atoms with van der Waals surface area (Å²) in [6.07, 6.45) is -0.558. The molecule has 82 valence electrons. The van der Waals surface area contributed by atoms with E-state index in [9.17, 15) is 9.59 Å². The molecule has 0 saturated heterocycles. The number of alkyl carbamates (subject to hydrolysis) is 1. The summed E-state index contributed by atoms with van der Waals surface area (Å²) in [6.45, 7) is 7.41. The Hall–Kier alpha value is -1.06. The molecule has 0 aromatic carbocycles. The van der Waals surface area contributed by atoms with Gasteiger partial charge >= 0.3 is 6.09 Å². The van der Waals surface area contributed by atoms with Crippen LogP contribution in [0.5, 0.6) is 0 Å². The molecule has 1 amide bonds. The minimum atomic E-state index is -0.558. The molecule has 14 heavy (non-hydrogen) atoms. The molecule has 0 heterocycles. The molecule has 0 unspecified atom stereocenters. The van der Waals surface area contributed by atoms with E-state index in [1.807, 2.05) is 27.7 Å². The number of Topliss-reactive ketones (excluding diaryl/α,β-unsaturated/α-hetero) is 1. The number of hydrogen-bond acceptors (Lipinski definition) is 3. The SMILES string of the molecule is COC(=O)N[C@@H](C(=O)C(C)C)C(C)C. The summed E-state index contributed by atoms with van der Waals surface area (Å²) >= 11 is 0. The number of ketones is 1. The van der Waals surface area contributed by atoms with Crippen molar-refractivity contribution in [3.05, 3.63) is 0 Å². The van der Waals surface area contributed by atoms with E-state index in [1.54, 1.807) is 0 Å². The van der Waals surface area contributed by atoms with Crippen LogP contribution in [0.4, 0.5) is 4.79 Å². The minimum absolute atomic E-state index is 0.0328. The van der Waals surface area contributed by atoms with Crippen LogP contribution in [0, 0.1) is 11.8 Å². The zero-order valence-electron chi connectivity index (χ0n) is 9.46. The molecule has 0 aromatic rings. The summed E-state index contributed by atoms with van der Waals surface area (Å²) in [5.74, 6) is 0.0222. The van der Waals surface area contributed by atoms with Gasteiger partial charge in [0.1, 0.15) is 0 Å². The molecule has 0 bridgehead atoms. The van der Waals surface area contributed by atoms with Crippen LogP contribution in [-0.4, -0.2) is 25.0 Å². The van der Waals surface area contributed by atoms with Crippen LogP contribution >= 0.6 is 0 Å².